The fraction of sp³-hybridized carbons (Fsp3) is 0.294. The van der Waals surface area contributed by atoms with Gasteiger partial charge in [0, 0.05) is 19.6 Å². The minimum absolute atomic E-state index is 0.209. The van der Waals surface area contributed by atoms with E-state index in [1.165, 1.54) is 11.6 Å². The van der Waals surface area contributed by atoms with Crippen molar-refractivity contribution < 1.29 is 4.39 Å². The van der Waals surface area contributed by atoms with E-state index in [4.69, 9.17) is 5.73 Å². The number of nitrogens with zero attached hydrogens (tertiary/aromatic N) is 1. The van der Waals surface area contributed by atoms with Crippen molar-refractivity contribution in [2.24, 2.45) is 5.73 Å². The van der Waals surface area contributed by atoms with Gasteiger partial charge in [-0.1, -0.05) is 36.4 Å². The summed E-state index contributed by atoms with van der Waals surface area (Å²) in [5.41, 5.74) is 8.71. The van der Waals surface area contributed by atoms with Crippen molar-refractivity contribution in [3.63, 3.8) is 0 Å². The van der Waals surface area contributed by atoms with Crippen molar-refractivity contribution in [3.8, 4) is 0 Å². The van der Waals surface area contributed by atoms with E-state index in [0.29, 0.717) is 6.54 Å². The van der Waals surface area contributed by atoms with E-state index < -0.39 is 0 Å². The van der Waals surface area contributed by atoms with Crippen LogP contribution in [0.5, 0.6) is 0 Å². The predicted molar refractivity (Wildman–Crippen MR) is 80.8 cm³/mol. The van der Waals surface area contributed by atoms with Crippen molar-refractivity contribution in [3.05, 3.63) is 71.0 Å². The average Bonchev–Trinajstić information content (AvgIpc) is 2.45. The second-order valence-electron chi connectivity index (χ2n) is 5.15. The maximum atomic E-state index is 13.4. The third kappa shape index (κ3) is 4.44. The molecule has 2 nitrogen and oxygen atoms in total. The molecule has 2 rings (SSSR count). The molecule has 2 aromatic rings. The van der Waals surface area contributed by atoms with Crippen LogP contribution in [0.1, 0.15) is 16.7 Å². The van der Waals surface area contributed by atoms with Crippen LogP contribution in [0.4, 0.5) is 4.39 Å². The molecule has 106 valence electrons. The van der Waals surface area contributed by atoms with Gasteiger partial charge in [-0.25, -0.2) is 4.39 Å². The summed E-state index contributed by atoms with van der Waals surface area (Å²) < 4.78 is 13.4. The number of hydrogen-bond donors (Lipinski definition) is 1. The summed E-state index contributed by atoms with van der Waals surface area (Å²) in [6.07, 6.45) is 0.996. The van der Waals surface area contributed by atoms with Crippen LogP contribution in [0.15, 0.2) is 48.5 Å². The summed E-state index contributed by atoms with van der Waals surface area (Å²) in [5.74, 6) is -0.209. The van der Waals surface area contributed by atoms with Gasteiger partial charge in [0.1, 0.15) is 5.82 Å². The molecule has 2 aromatic carbocycles. The van der Waals surface area contributed by atoms with E-state index in [0.717, 1.165) is 30.6 Å². The second kappa shape index (κ2) is 7.17. The normalized spacial score (nSPS) is 11.0. The quantitative estimate of drug-likeness (QED) is 0.876. The molecule has 0 bridgehead atoms. The lowest BCUT2D eigenvalue weighted by Gasteiger charge is -2.17. The van der Waals surface area contributed by atoms with Gasteiger partial charge < -0.3 is 10.6 Å². The van der Waals surface area contributed by atoms with Crippen LogP contribution in [-0.2, 0) is 19.5 Å². The smallest absolute Gasteiger partial charge is 0.123 e. The molecular weight excluding hydrogens is 251 g/mol. The van der Waals surface area contributed by atoms with Crippen molar-refractivity contribution in [2.45, 2.75) is 19.5 Å². The topological polar surface area (TPSA) is 29.3 Å². The average molecular weight is 272 g/mol. The van der Waals surface area contributed by atoms with E-state index >= 15 is 0 Å². The van der Waals surface area contributed by atoms with Crippen LogP contribution in [0, 0.1) is 5.82 Å². The molecule has 0 aliphatic rings. The van der Waals surface area contributed by atoms with Gasteiger partial charge in [-0.15, -0.1) is 0 Å². The zero-order chi connectivity index (χ0) is 14.4. The lowest BCUT2D eigenvalue weighted by Crippen LogP contribution is -2.21. The molecule has 0 saturated carbocycles. The first kappa shape index (κ1) is 14.7. The minimum Gasteiger partial charge on any atom is -0.326 e. The summed E-state index contributed by atoms with van der Waals surface area (Å²) in [6, 6.07) is 15.4. The molecule has 0 radical (unpaired) electrons. The highest BCUT2D eigenvalue weighted by atomic mass is 19.1. The number of halogens is 1. The van der Waals surface area contributed by atoms with Gasteiger partial charge in [0.05, 0.1) is 0 Å². The lowest BCUT2D eigenvalue weighted by molar-refractivity contribution is 0.330. The fourth-order valence-corrected chi connectivity index (χ4v) is 2.28. The standard InChI is InChI=1S/C17H21FN2/c1-20(8-7-14-5-3-2-4-6-14)13-16-9-15(12-19)10-17(18)11-16/h2-6,9-11H,7-8,12-13,19H2,1H3. The van der Waals surface area contributed by atoms with Crippen LogP contribution in [0.25, 0.3) is 0 Å². The molecule has 0 spiro atoms. The summed E-state index contributed by atoms with van der Waals surface area (Å²) in [7, 11) is 2.05. The van der Waals surface area contributed by atoms with Crippen LogP contribution in [0.3, 0.4) is 0 Å². The Hall–Kier alpha value is -1.71. The SMILES string of the molecule is CN(CCc1ccccc1)Cc1cc(F)cc(CN)c1. The molecule has 0 aliphatic carbocycles. The second-order valence-corrected chi connectivity index (χ2v) is 5.15. The first-order chi connectivity index (χ1) is 9.67. The summed E-state index contributed by atoms with van der Waals surface area (Å²) in [6.45, 7) is 2.05. The van der Waals surface area contributed by atoms with Crippen LogP contribution in [-0.4, -0.2) is 18.5 Å². The fourth-order valence-electron chi connectivity index (χ4n) is 2.28. The van der Waals surface area contributed by atoms with Crippen molar-refractivity contribution >= 4 is 0 Å². The van der Waals surface area contributed by atoms with E-state index in [1.54, 1.807) is 6.07 Å². The monoisotopic (exact) mass is 272 g/mol. The van der Waals surface area contributed by atoms with E-state index in [-0.39, 0.29) is 5.82 Å². The van der Waals surface area contributed by atoms with Crippen molar-refractivity contribution in [1.82, 2.24) is 4.90 Å². The van der Waals surface area contributed by atoms with Gasteiger partial charge in [-0.3, -0.25) is 0 Å². The number of benzene rings is 2. The Labute approximate surface area is 120 Å². The molecule has 0 heterocycles. The maximum absolute atomic E-state index is 13.4. The zero-order valence-corrected chi connectivity index (χ0v) is 11.8. The summed E-state index contributed by atoms with van der Waals surface area (Å²) >= 11 is 0. The Morgan fingerprint density at radius 1 is 1.00 bits per heavy atom. The van der Waals surface area contributed by atoms with Gasteiger partial charge >= 0.3 is 0 Å². The Balaban J connectivity index is 1.91. The molecule has 0 aliphatic heterocycles. The zero-order valence-electron chi connectivity index (χ0n) is 11.8. The van der Waals surface area contributed by atoms with Gasteiger partial charge in [0.15, 0.2) is 0 Å². The Kier molecular flexibility index (Phi) is 5.27. The van der Waals surface area contributed by atoms with Crippen LogP contribution < -0.4 is 5.73 Å². The summed E-state index contributed by atoms with van der Waals surface area (Å²) in [4.78, 5) is 2.20. The molecule has 2 N–H and O–H groups in total. The van der Waals surface area contributed by atoms with E-state index in [2.05, 4.69) is 36.2 Å². The van der Waals surface area contributed by atoms with Gasteiger partial charge in [0.2, 0.25) is 0 Å². The molecule has 0 atom stereocenters. The van der Waals surface area contributed by atoms with Crippen molar-refractivity contribution in [2.75, 3.05) is 13.6 Å². The lowest BCUT2D eigenvalue weighted by atomic mass is 10.1. The highest BCUT2D eigenvalue weighted by Gasteiger charge is 2.04. The molecule has 20 heavy (non-hydrogen) atoms. The number of likely N-dealkylation sites (N-methyl/N-ethyl adjacent to an activating group) is 1. The van der Waals surface area contributed by atoms with Gasteiger partial charge in [0.25, 0.3) is 0 Å². The Bertz CT molecular complexity index is 540. The van der Waals surface area contributed by atoms with Gasteiger partial charge in [-0.2, -0.15) is 0 Å². The van der Waals surface area contributed by atoms with E-state index in [1.807, 2.05) is 12.1 Å². The minimum atomic E-state index is -0.209. The third-order valence-electron chi connectivity index (χ3n) is 3.33. The number of rotatable bonds is 6. The molecule has 0 fully saturated rings. The van der Waals surface area contributed by atoms with Crippen LogP contribution >= 0.6 is 0 Å². The molecule has 0 unspecified atom stereocenters. The largest absolute Gasteiger partial charge is 0.326 e. The van der Waals surface area contributed by atoms with Gasteiger partial charge in [-0.05, 0) is 42.3 Å². The predicted octanol–water partition coefficient (Wildman–Crippen LogP) is 2.96. The number of nitrogens with two attached hydrogens (primary N) is 1. The summed E-state index contributed by atoms with van der Waals surface area (Å²) in [5, 5.41) is 0. The first-order valence-electron chi connectivity index (χ1n) is 6.88. The molecule has 3 heteroatoms. The van der Waals surface area contributed by atoms with Crippen molar-refractivity contribution in [1.29, 1.82) is 0 Å². The highest BCUT2D eigenvalue weighted by Crippen LogP contribution is 2.11. The molecule has 0 aromatic heterocycles. The third-order valence-corrected chi connectivity index (χ3v) is 3.33. The molecule has 0 amide bonds. The van der Waals surface area contributed by atoms with E-state index in [9.17, 15) is 4.39 Å². The maximum Gasteiger partial charge on any atom is 0.123 e. The highest BCUT2D eigenvalue weighted by molar-refractivity contribution is 5.24. The Morgan fingerprint density at radius 3 is 2.40 bits per heavy atom. The first-order valence-corrected chi connectivity index (χ1v) is 6.88. The Morgan fingerprint density at radius 2 is 1.70 bits per heavy atom. The molecule has 0 saturated heterocycles. The number of hydrogen-bond acceptors (Lipinski definition) is 2. The van der Waals surface area contributed by atoms with Crippen LogP contribution in [0.2, 0.25) is 0 Å². The molecular formula is C17H21FN2.